The first-order valence-electron chi connectivity index (χ1n) is 8.23. The fourth-order valence-electron chi connectivity index (χ4n) is 2.84. The third-order valence-electron chi connectivity index (χ3n) is 4.24. The first-order valence-corrected chi connectivity index (χ1v) is 8.61. The van der Waals surface area contributed by atoms with Crippen molar-refractivity contribution in [2.75, 3.05) is 25.5 Å². The average Bonchev–Trinajstić information content (AvgIpc) is 3.20. The summed E-state index contributed by atoms with van der Waals surface area (Å²) in [6.45, 7) is 1.55. The number of halogens is 2. The van der Waals surface area contributed by atoms with E-state index in [1.807, 2.05) is 4.90 Å². The van der Waals surface area contributed by atoms with Gasteiger partial charge < -0.3 is 15.5 Å². The lowest BCUT2D eigenvalue weighted by atomic mass is 10.1. The van der Waals surface area contributed by atoms with Crippen LogP contribution >= 0.6 is 11.6 Å². The topological polar surface area (TPSA) is 74.3 Å². The summed E-state index contributed by atoms with van der Waals surface area (Å²) in [6, 6.07) is 6.65. The Morgan fingerprint density at radius 1 is 1.19 bits per heavy atom. The van der Waals surface area contributed by atoms with E-state index in [0.29, 0.717) is 11.3 Å². The molecule has 2 aromatic rings. The highest BCUT2D eigenvalue weighted by atomic mass is 35.5. The number of likely N-dealkylation sites (tertiary alicyclic amines) is 1. The molecular weight excluding hydrogens is 359 g/mol. The number of nitrogens with one attached hydrogen (secondary N) is 2. The highest BCUT2D eigenvalue weighted by Crippen LogP contribution is 2.28. The van der Waals surface area contributed by atoms with E-state index in [4.69, 9.17) is 11.6 Å². The molecule has 0 bridgehead atoms. The Balaban J connectivity index is 1.84. The Morgan fingerprint density at radius 2 is 1.85 bits per heavy atom. The molecule has 2 amide bonds. The van der Waals surface area contributed by atoms with E-state index in [9.17, 15) is 14.0 Å². The van der Waals surface area contributed by atoms with Crippen LogP contribution in [0.2, 0.25) is 5.15 Å². The first-order chi connectivity index (χ1) is 12.5. The Kier molecular flexibility index (Phi) is 5.37. The summed E-state index contributed by atoms with van der Waals surface area (Å²) in [4.78, 5) is 29.8. The third kappa shape index (κ3) is 3.62. The highest BCUT2D eigenvalue weighted by molar-refractivity contribution is 6.30. The predicted octanol–water partition coefficient (Wildman–Crippen LogP) is 3.21. The van der Waals surface area contributed by atoms with E-state index >= 15 is 0 Å². The Hall–Kier alpha value is -2.67. The molecule has 2 N–H and O–H groups in total. The number of amides is 2. The van der Waals surface area contributed by atoms with E-state index in [-0.39, 0.29) is 22.3 Å². The molecular formula is C18H18ClFN4O2. The van der Waals surface area contributed by atoms with Crippen molar-refractivity contribution < 1.29 is 14.0 Å². The molecule has 0 aliphatic carbocycles. The van der Waals surface area contributed by atoms with E-state index in [1.54, 1.807) is 24.3 Å². The van der Waals surface area contributed by atoms with Gasteiger partial charge in [0.15, 0.2) is 11.0 Å². The Bertz CT molecular complexity index is 836. The molecule has 0 radical (unpaired) electrons. The lowest BCUT2D eigenvalue weighted by Gasteiger charge is -2.16. The Morgan fingerprint density at radius 3 is 2.46 bits per heavy atom. The maximum Gasteiger partial charge on any atom is 0.254 e. The molecule has 0 saturated carbocycles. The zero-order chi connectivity index (χ0) is 18.7. The number of hydrogen-bond acceptors (Lipinski definition) is 4. The average molecular weight is 377 g/mol. The van der Waals surface area contributed by atoms with Gasteiger partial charge in [-0.2, -0.15) is 0 Å². The van der Waals surface area contributed by atoms with Gasteiger partial charge in [-0.1, -0.05) is 11.6 Å². The molecule has 0 spiro atoms. The summed E-state index contributed by atoms with van der Waals surface area (Å²) in [7, 11) is 1.44. The summed E-state index contributed by atoms with van der Waals surface area (Å²) >= 11 is 5.73. The molecule has 0 unspecified atom stereocenters. The number of rotatable bonds is 4. The zero-order valence-electron chi connectivity index (χ0n) is 14.2. The zero-order valence-corrected chi connectivity index (χ0v) is 14.9. The number of carbonyl (C=O) groups excluding carboxylic acids is 2. The maximum absolute atomic E-state index is 14.4. The van der Waals surface area contributed by atoms with Crippen molar-refractivity contribution in [1.29, 1.82) is 0 Å². The van der Waals surface area contributed by atoms with Crippen LogP contribution in [-0.2, 0) is 0 Å². The van der Waals surface area contributed by atoms with E-state index in [1.165, 1.54) is 13.2 Å². The number of benzene rings is 1. The SMILES string of the molecule is CNC(=O)c1cnc(Cl)c(F)c1Nc1ccc(C(=O)N2CCCC2)cc1. The largest absolute Gasteiger partial charge is 0.355 e. The van der Waals surface area contributed by atoms with Gasteiger partial charge in [-0.05, 0) is 37.1 Å². The number of nitrogens with zero attached hydrogens (tertiary/aromatic N) is 2. The number of anilines is 2. The van der Waals surface area contributed by atoms with Gasteiger partial charge in [0, 0.05) is 37.6 Å². The van der Waals surface area contributed by atoms with Crippen molar-refractivity contribution in [3.8, 4) is 0 Å². The van der Waals surface area contributed by atoms with Crippen molar-refractivity contribution in [1.82, 2.24) is 15.2 Å². The van der Waals surface area contributed by atoms with E-state index in [0.717, 1.165) is 25.9 Å². The van der Waals surface area contributed by atoms with Crippen LogP contribution in [-0.4, -0.2) is 41.8 Å². The lowest BCUT2D eigenvalue weighted by molar-refractivity contribution is 0.0792. The summed E-state index contributed by atoms with van der Waals surface area (Å²) in [5, 5.41) is 4.95. The quantitative estimate of drug-likeness (QED) is 0.803. The number of aromatic nitrogens is 1. The van der Waals surface area contributed by atoms with Crippen LogP contribution in [0.1, 0.15) is 33.6 Å². The second kappa shape index (κ2) is 7.70. The minimum absolute atomic E-state index is 0.0155. The minimum atomic E-state index is -0.815. The standard InChI is InChI=1S/C18H18ClFN4O2/c1-21-17(25)13-10-22-16(19)14(20)15(13)23-12-6-4-11(5-7-12)18(26)24-8-2-3-9-24/h4-7,10H,2-3,8-9H2,1H3,(H,21,25)(H,22,23). The number of hydrogen-bond donors (Lipinski definition) is 2. The third-order valence-corrected chi connectivity index (χ3v) is 4.51. The van der Waals surface area contributed by atoms with Gasteiger partial charge in [0.1, 0.15) is 0 Å². The molecule has 26 heavy (non-hydrogen) atoms. The first kappa shape index (κ1) is 18.1. The van der Waals surface area contributed by atoms with Crippen molar-refractivity contribution >= 4 is 34.8 Å². The van der Waals surface area contributed by atoms with Gasteiger partial charge in [-0.25, -0.2) is 9.37 Å². The summed E-state index contributed by atoms with van der Waals surface area (Å²) in [5.74, 6) is -1.32. The molecule has 136 valence electrons. The van der Waals surface area contributed by atoms with Gasteiger partial charge in [-0.3, -0.25) is 9.59 Å². The van der Waals surface area contributed by atoms with Crippen LogP contribution in [0.15, 0.2) is 30.5 Å². The highest BCUT2D eigenvalue weighted by Gasteiger charge is 2.20. The van der Waals surface area contributed by atoms with Gasteiger partial charge >= 0.3 is 0 Å². The second-order valence-corrected chi connectivity index (χ2v) is 6.29. The molecule has 6 nitrogen and oxygen atoms in total. The smallest absolute Gasteiger partial charge is 0.254 e. The fraction of sp³-hybridized carbons (Fsp3) is 0.278. The van der Waals surface area contributed by atoms with Crippen molar-refractivity contribution in [2.45, 2.75) is 12.8 Å². The van der Waals surface area contributed by atoms with Crippen LogP contribution in [0.4, 0.5) is 15.8 Å². The molecule has 8 heteroatoms. The molecule has 0 atom stereocenters. The van der Waals surface area contributed by atoms with Gasteiger partial charge in [0.2, 0.25) is 0 Å². The van der Waals surface area contributed by atoms with Gasteiger partial charge in [0.25, 0.3) is 11.8 Å². The van der Waals surface area contributed by atoms with Gasteiger partial charge in [-0.15, -0.1) is 0 Å². The predicted molar refractivity (Wildman–Crippen MR) is 97.5 cm³/mol. The molecule has 1 aromatic carbocycles. The monoisotopic (exact) mass is 376 g/mol. The van der Waals surface area contributed by atoms with Crippen LogP contribution < -0.4 is 10.6 Å². The molecule has 1 aromatic heterocycles. The molecule has 2 heterocycles. The summed E-state index contributed by atoms with van der Waals surface area (Å²) in [5.41, 5.74) is 1.06. The second-order valence-electron chi connectivity index (χ2n) is 5.93. The van der Waals surface area contributed by atoms with Crippen LogP contribution in [0.3, 0.4) is 0 Å². The molecule has 1 aliphatic rings. The van der Waals surface area contributed by atoms with Crippen LogP contribution in [0, 0.1) is 5.82 Å². The van der Waals surface area contributed by atoms with Crippen molar-refractivity contribution in [3.05, 3.63) is 52.6 Å². The molecule has 1 fully saturated rings. The number of pyridine rings is 1. The molecule has 1 aliphatic heterocycles. The van der Waals surface area contributed by atoms with Crippen LogP contribution in [0.5, 0.6) is 0 Å². The number of carbonyl (C=O) groups is 2. The van der Waals surface area contributed by atoms with E-state index < -0.39 is 11.7 Å². The Labute approximate surface area is 155 Å². The summed E-state index contributed by atoms with van der Waals surface area (Å²) < 4.78 is 14.4. The fourth-order valence-corrected chi connectivity index (χ4v) is 2.98. The minimum Gasteiger partial charge on any atom is -0.355 e. The molecule has 3 rings (SSSR count). The van der Waals surface area contributed by atoms with Crippen molar-refractivity contribution in [2.24, 2.45) is 0 Å². The van der Waals surface area contributed by atoms with Gasteiger partial charge in [0.05, 0.1) is 11.3 Å². The van der Waals surface area contributed by atoms with Crippen LogP contribution in [0.25, 0.3) is 0 Å². The normalized spacial score (nSPS) is 13.6. The summed E-state index contributed by atoms with van der Waals surface area (Å²) in [6.07, 6.45) is 3.25. The lowest BCUT2D eigenvalue weighted by Crippen LogP contribution is -2.27. The molecule has 1 saturated heterocycles. The van der Waals surface area contributed by atoms with E-state index in [2.05, 4.69) is 15.6 Å². The van der Waals surface area contributed by atoms with Crippen molar-refractivity contribution in [3.63, 3.8) is 0 Å². The maximum atomic E-state index is 14.4.